The molecular formula is C2H2O2S2. The highest BCUT2D eigenvalue weighted by atomic mass is 33.1. The highest BCUT2D eigenvalue weighted by molar-refractivity contribution is 8.74. The van der Waals surface area contributed by atoms with Crippen molar-refractivity contribution in [1.29, 1.82) is 0 Å². The van der Waals surface area contributed by atoms with Crippen molar-refractivity contribution >= 4 is 20.6 Å². The van der Waals surface area contributed by atoms with Gasteiger partial charge in [0.15, 0.2) is 5.09 Å². The van der Waals surface area contributed by atoms with Crippen LogP contribution < -0.4 is 0 Å². The van der Waals surface area contributed by atoms with Crippen molar-refractivity contribution in [1.82, 2.24) is 0 Å². The Labute approximate surface area is 41.1 Å². The Morgan fingerprint density at radius 3 is 2.50 bits per heavy atom. The molecule has 6 heavy (non-hydrogen) atoms. The molecule has 4 heteroatoms. The van der Waals surface area contributed by atoms with E-state index in [9.17, 15) is 4.21 Å². The highest BCUT2D eigenvalue weighted by Gasteiger charge is 2.11. The van der Waals surface area contributed by atoms with Crippen LogP contribution in [0, 0.1) is 0 Å². The quantitative estimate of drug-likeness (QED) is 0.482. The monoisotopic (exact) mass is 122 g/mol. The van der Waals surface area contributed by atoms with Gasteiger partial charge in [0.1, 0.15) is 9.83 Å². The van der Waals surface area contributed by atoms with E-state index in [1.807, 2.05) is 0 Å². The molecule has 1 atom stereocenters. The Bertz CT molecular complexity index is 117. The van der Waals surface area contributed by atoms with Crippen LogP contribution in [0.15, 0.2) is 10.5 Å². The van der Waals surface area contributed by atoms with Crippen LogP contribution in [0.4, 0.5) is 0 Å². The molecule has 1 aliphatic rings. The maximum Gasteiger partial charge on any atom is 0.173 e. The Hall–Kier alpha value is 0.0400. The molecule has 0 bridgehead atoms. The molecule has 1 heterocycles. The molecular weight excluding hydrogens is 120 g/mol. The highest BCUT2D eigenvalue weighted by Crippen LogP contribution is 2.28. The lowest BCUT2D eigenvalue weighted by Crippen LogP contribution is -1.89. The lowest BCUT2D eigenvalue weighted by atomic mass is 11.1. The number of hydrogen-bond donors (Lipinski definition) is 1. The smallest absolute Gasteiger partial charge is 0.173 e. The second-order valence-corrected chi connectivity index (χ2v) is 3.63. The van der Waals surface area contributed by atoms with Crippen LogP contribution in [-0.4, -0.2) is 9.32 Å². The molecule has 0 aliphatic carbocycles. The van der Waals surface area contributed by atoms with Crippen LogP contribution in [0.25, 0.3) is 0 Å². The summed E-state index contributed by atoms with van der Waals surface area (Å²) in [6.45, 7) is 0. The first kappa shape index (κ1) is 4.21. The number of aliphatic hydroxyl groups is 1. The average molecular weight is 122 g/mol. The first-order valence-electron chi connectivity index (χ1n) is 1.29. The van der Waals surface area contributed by atoms with Crippen molar-refractivity contribution in [3.05, 3.63) is 10.5 Å². The van der Waals surface area contributed by atoms with Crippen LogP contribution >= 0.6 is 10.8 Å². The minimum Gasteiger partial charge on any atom is -0.501 e. The molecule has 0 aromatic carbocycles. The lowest BCUT2D eigenvalue weighted by Gasteiger charge is -2.01. The second kappa shape index (κ2) is 1.27. The van der Waals surface area contributed by atoms with E-state index in [0.29, 0.717) is 0 Å². The van der Waals surface area contributed by atoms with E-state index in [4.69, 9.17) is 5.11 Å². The predicted octanol–water partition coefficient (Wildman–Crippen LogP) is 0.754. The standard InChI is InChI=1S/C2H2O2S2/c3-2-1-6(4)5-2/h1,3H. The molecule has 0 amide bonds. The van der Waals surface area contributed by atoms with E-state index in [1.54, 1.807) is 0 Å². The Morgan fingerprint density at radius 2 is 2.50 bits per heavy atom. The fraction of sp³-hybridized carbons (Fsp3) is 0. The van der Waals surface area contributed by atoms with Crippen molar-refractivity contribution in [3.63, 3.8) is 0 Å². The summed E-state index contributed by atoms with van der Waals surface area (Å²) in [5.74, 6) is 0. The lowest BCUT2D eigenvalue weighted by molar-refractivity contribution is 0.457. The minimum atomic E-state index is -0.917. The molecule has 0 radical (unpaired) electrons. The van der Waals surface area contributed by atoms with Gasteiger partial charge in [-0.2, -0.15) is 0 Å². The van der Waals surface area contributed by atoms with Crippen molar-refractivity contribution in [2.24, 2.45) is 0 Å². The summed E-state index contributed by atoms with van der Waals surface area (Å²) in [6, 6.07) is 0. The molecule has 0 saturated heterocycles. The second-order valence-electron chi connectivity index (χ2n) is 0.800. The largest absolute Gasteiger partial charge is 0.501 e. The number of hydrogen-bond acceptors (Lipinski definition) is 3. The van der Waals surface area contributed by atoms with Gasteiger partial charge in [0.2, 0.25) is 0 Å². The summed E-state index contributed by atoms with van der Waals surface area (Å²) in [5, 5.41) is 9.72. The minimum absolute atomic E-state index is 0.174. The first-order valence-corrected chi connectivity index (χ1v) is 3.83. The van der Waals surface area contributed by atoms with Gasteiger partial charge in [0.05, 0.1) is 5.41 Å². The van der Waals surface area contributed by atoms with E-state index >= 15 is 0 Å². The van der Waals surface area contributed by atoms with Gasteiger partial charge in [-0.15, -0.1) is 0 Å². The molecule has 1 N–H and O–H groups in total. The Morgan fingerprint density at radius 1 is 2.00 bits per heavy atom. The van der Waals surface area contributed by atoms with E-state index < -0.39 is 9.83 Å². The van der Waals surface area contributed by atoms with Crippen molar-refractivity contribution < 1.29 is 9.32 Å². The predicted molar refractivity (Wildman–Crippen MR) is 26.4 cm³/mol. The zero-order chi connectivity index (χ0) is 4.57. The van der Waals surface area contributed by atoms with E-state index in [-0.39, 0.29) is 5.09 Å². The third kappa shape index (κ3) is 0.578. The zero-order valence-electron chi connectivity index (χ0n) is 2.75. The Balaban J connectivity index is 2.68. The summed E-state index contributed by atoms with van der Waals surface area (Å²) in [5.41, 5.74) is 0. The van der Waals surface area contributed by atoms with Gasteiger partial charge in [-0.05, 0) is 0 Å². The molecule has 0 spiro atoms. The fourth-order valence-electron chi connectivity index (χ4n) is 0.167. The van der Waals surface area contributed by atoms with E-state index in [0.717, 1.165) is 10.8 Å². The maximum absolute atomic E-state index is 9.95. The summed E-state index contributed by atoms with van der Waals surface area (Å²) in [6.07, 6.45) is 0. The van der Waals surface area contributed by atoms with Crippen LogP contribution in [0.1, 0.15) is 0 Å². The topological polar surface area (TPSA) is 37.3 Å². The van der Waals surface area contributed by atoms with Crippen LogP contribution in [0.5, 0.6) is 0 Å². The van der Waals surface area contributed by atoms with Gasteiger partial charge in [-0.3, -0.25) is 0 Å². The van der Waals surface area contributed by atoms with Crippen molar-refractivity contribution in [2.45, 2.75) is 0 Å². The molecule has 0 saturated carbocycles. The zero-order valence-corrected chi connectivity index (χ0v) is 4.38. The molecule has 0 fully saturated rings. The molecule has 1 aliphatic heterocycles. The third-order valence-corrected chi connectivity index (χ3v) is 2.68. The maximum atomic E-state index is 9.95. The fourth-order valence-corrected chi connectivity index (χ4v) is 1.38. The van der Waals surface area contributed by atoms with E-state index in [1.165, 1.54) is 5.41 Å². The van der Waals surface area contributed by atoms with Gasteiger partial charge < -0.3 is 5.11 Å². The van der Waals surface area contributed by atoms with E-state index in [2.05, 4.69) is 0 Å². The summed E-state index contributed by atoms with van der Waals surface area (Å²) < 4.78 is 9.95. The molecule has 1 rings (SSSR count). The third-order valence-electron chi connectivity index (χ3n) is 0.365. The molecule has 2 nitrogen and oxygen atoms in total. The number of rotatable bonds is 0. The van der Waals surface area contributed by atoms with Crippen molar-refractivity contribution in [3.8, 4) is 0 Å². The molecule has 0 aromatic rings. The van der Waals surface area contributed by atoms with Gasteiger partial charge in [0, 0.05) is 10.8 Å². The Kier molecular flexibility index (Phi) is 0.892. The van der Waals surface area contributed by atoms with Gasteiger partial charge in [-0.1, -0.05) is 0 Å². The average Bonchev–Trinajstić information content (AvgIpc) is 1.33. The van der Waals surface area contributed by atoms with Crippen LogP contribution in [0.2, 0.25) is 0 Å². The van der Waals surface area contributed by atoms with Crippen molar-refractivity contribution in [2.75, 3.05) is 0 Å². The SMILES string of the molecule is O=S1C=C(O)S1. The van der Waals surface area contributed by atoms with Crippen LogP contribution in [-0.2, 0) is 9.83 Å². The first-order chi connectivity index (χ1) is 2.79. The summed E-state index contributed by atoms with van der Waals surface area (Å²) in [7, 11) is 0.0548. The summed E-state index contributed by atoms with van der Waals surface area (Å²) in [4.78, 5) is 0. The molecule has 0 aromatic heterocycles. The number of aliphatic hydroxyl groups excluding tert-OH is 1. The normalized spacial score (nSPS) is 31.3. The van der Waals surface area contributed by atoms with Gasteiger partial charge in [-0.25, -0.2) is 4.21 Å². The molecule has 34 valence electrons. The summed E-state index contributed by atoms with van der Waals surface area (Å²) >= 11 is 0. The molecule has 1 unspecified atom stereocenters. The van der Waals surface area contributed by atoms with Gasteiger partial charge >= 0.3 is 0 Å². The van der Waals surface area contributed by atoms with Gasteiger partial charge in [0.25, 0.3) is 0 Å². The van der Waals surface area contributed by atoms with Crippen LogP contribution in [0.3, 0.4) is 0 Å².